The second-order valence-corrected chi connectivity index (χ2v) is 6.09. The zero-order valence-corrected chi connectivity index (χ0v) is 14.9. The van der Waals surface area contributed by atoms with Crippen molar-refractivity contribution in [1.29, 1.82) is 0 Å². The molecule has 0 radical (unpaired) electrons. The number of nitrogens with zero attached hydrogens (tertiary/aromatic N) is 2. The van der Waals surface area contributed by atoms with Crippen LogP contribution in [0, 0.1) is 13.8 Å². The summed E-state index contributed by atoms with van der Waals surface area (Å²) in [6.45, 7) is 5.73. The van der Waals surface area contributed by atoms with Crippen LogP contribution in [0.3, 0.4) is 0 Å². The van der Waals surface area contributed by atoms with Crippen LogP contribution in [0.5, 0.6) is 5.75 Å². The summed E-state index contributed by atoms with van der Waals surface area (Å²) in [5.74, 6) is 0.903. The minimum atomic E-state index is -0.698. The third-order valence-corrected chi connectivity index (χ3v) is 4.32. The van der Waals surface area contributed by atoms with Crippen LogP contribution in [0.2, 0.25) is 10.0 Å². The van der Waals surface area contributed by atoms with Gasteiger partial charge in [0.05, 0.1) is 17.3 Å². The average molecular weight is 357 g/mol. The SMILES string of the molecule is Cc1noc(C)c1CN(C)C(=O)C(C)Oc1cccc(Cl)c1Cl. The summed E-state index contributed by atoms with van der Waals surface area (Å²) in [5, 5.41) is 4.56. The van der Waals surface area contributed by atoms with Gasteiger partial charge in [-0.3, -0.25) is 4.79 Å². The Balaban J connectivity index is 2.05. The van der Waals surface area contributed by atoms with E-state index in [0.29, 0.717) is 28.1 Å². The number of carbonyl (C=O) groups is 1. The first-order chi connectivity index (χ1) is 10.8. The maximum absolute atomic E-state index is 12.5. The van der Waals surface area contributed by atoms with E-state index in [0.717, 1.165) is 11.3 Å². The van der Waals surface area contributed by atoms with E-state index in [2.05, 4.69) is 5.16 Å². The van der Waals surface area contributed by atoms with Gasteiger partial charge in [-0.15, -0.1) is 0 Å². The van der Waals surface area contributed by atoms with Crippen LogP contribution < -0.4 is 4.74 Å². The van der Waals surface area contributed by atoms with E-state index in [1.165, 1.54) is 0 Å². The number of carbonyl (C=O) groups excluding carboxylic acids is 1. The third-order valence-electron chi connectivity index (χ3n) is 3.52. The molecule has 124 valence electrons. The molecule has 0 fully saturated rings. The van der Waals surface area contributed by atoms with Crippen molar-refractivity contribution in [1.82, 2.24) is 10.1 Å². The van der Waals surface area contributed by atoms with Crippen LogP contribution in [-0.4, -0.2) is 29.1 Å². The zero-order valence-electron chi connectivity index (χ0n) is 13.4. The second-order valence-electron chi connectivity index (χ2n) is 5.31. The number of likely N-dealkylation sites (N-methyl/N-ethyl adjacent to an activating group) is 1. The Morgan fingerprint density at radius 3 is 2.70 bits per heavy atom. The molecule has 0 aliphatic heterocycles. The molecule has 5 nitrogen and oxygen atoms in total. The summed E-state index contributed by atoms with van der Waals surface area (Å²) < 4.78 is 10.8. The summed E-state index contributed by atoms with van der Waals surface area (Å²) in [5.41, 5.74) is 1.67. The average Bonchev–Trinajstić information content (AvgIpc) is 2.82. The van der Waals surface area contributed by atoms with Gasteiger partial charge in [-0.1, -0.05) is 34.4 Å². The number of aromatic nitrogens is 1. The first kappa shape index (κ1) is 17.6. The summed E-state index contributed by atoms with van der Waals surface area (Å²) in [6.07, 6.45) is -0.698. The molecule has 0 aliphatic carbocycles. The van der Waals surface area contributed by atoms with E-state index in [1.54, 1.807) is 37.1 Å². The van der Waals surface area contributed by atoms with Crippen LogP contribution in [-0.2, 0) is 11.3 Å². The summed E-state index contributed by atoms with van der Waals surface area (Å²) in [7, 11) is 1.70. The molecule has 2 rings (SSSR count). The molecule has 1 heterocycles. The number of ether oxygens (including phenoxy) is 1. The number of rotatable bonds is 5. The van der Waals surface area contributed by atoms with Gasteiger partial charge < -0.3 is 14.2 Å². The predicted molar refractivity (Wildman–Crippen MR) is 89.0 cm³/mol. The van der Waals surface area contributed by atoms with Gasteiger partial charge in [0.1, 0.15) is 16.5 Å². The van der Waals surface area contributed by atoms with E-state index in [4.69, 9.17) is 32.5 Å². The Labute approximate surface area is 145 Å². The lowest BCUT2D eigenvalue weighted by Crippen LogP contribution is -2.37. The molecule has 1 amide bonds. The fraction of sp³-hybridized carbons (Fsp3) is 0.375. The monoisotopic (exact) mass is 356 g/mol. The van der Waals surface area contributed by atoms with Crippen molar-refractivity contribution < 1.29 is 14.1 Å². The highest BCUT2D eigenvalue weighted by Crippen LogP contribution is 2.32. The van der Waals surface area contributed by atoms with Crippen LogP contribution >= 0.6 is 23.2 Å². The van der Waals surface area contributed by atoms with Crippen molar-refractivity contribution in [3.63, 3.8) is 0 Å². The lowest BCUT2D eigenvalue weighted by atomic mass is 10.2. The highest BCUT2D eigenvalue weighted by atomic mass is 35.5. The Bertz CT molecular complexity index is 696. The molecule has 7 heteroatoms. The van der Waals surface area contributed by atoms with E-state index in [9.17, 15) is 4.79 Å². The summed E-state index contributed by atoms with van der Waals surface area (Å²) in [4.78, 5) is 14.0. The van der Waals surface area contributed by atoms with Crippen molar-refractivity contribution in [2.75, 3.05) is 7.05 Å². The standard InChI is InChI=1S/C16H18Cl2N2O3/c1-9-12(10(2)23-19-9)8-20(4)16(21)11(3)22-14-7-5-6-13(17)15(14)18/h5-7,11H,8H2,1-4H3. The van der Waals surface area contributed by atoms with Crippen LogP contribution in [0.1, 0.15) is 23.9 Å². The second kappa shape index (κ2) is 7.23. The largest absolute Gasteiger partial charge is 0.479 e. The molecule has 1 aromatic heterocycles. The summed E-state index contributed by atoms with van der Waals surface area (Å²) >= 11 is 12.0. The van der Waals surface area contributed by atoms with Crippen molar-refractivity contribution in [2.24, 2.45) is 0 Å². The molecule has 0 saturated carbocycles. The number of amides is 1. The number of benzene rings is 1. The van der Waals surface area contributed by atoms with E-state index < -0.39 is 6.10 Å². The Kier molecular flexibility index (Phi) is 5.55. The number of halogens is 2. The molecule has 0 aliphatic rings. The van der Waals surface area contributed by atoms with Crippen molar-refractivity contribution >= 4 is 29.1 Å². The molecular weight excluding hydrogens is 339 g/mol. The number of aryl methyl sites for hydroxylation is 2. The Morgan fingerprint density at radius 1 is 1.39 bits per heavy atom. The van der Waals surface area contributed by atoms with Crippen molar-refractivity contribution in [2.45, 2.75) is 33.4 Å². The first-order valence-electron chi connectivity index (χ1n) is 7.08. The van der Waals surface area contributed by atoms with Crippen LogP contribution in [0.25, 0.3) is 0 Å². The smallest absolute Gasteiger partial charge is 0.263 e. The summed E-state index contributed by atoms with van der Waals surface area (Å²) in [6, 6.07) is 5.05. The number of hydrogen-bond acceptors (Lipinski definition) is 4. The molecule has 23 heavy (non-hydrogen) atoms. The molecule has 1 aromatic carbocycles. The number of hydrogen-bond donors (Lipinski definition) is 0. The highest BCUT2D eigenvalue weighted by Gasteiger charge is 2.22. The van der Waals surface area contributed by atoms with Crippen molar-refractivity contribution in [3.8, 4) is 5.75 Å². The zero-order chi connectivity index (χ0) is 17.1. The molecular formula is C16H18Cl2N2O3. The Morgan fingerprint density at radius 2 is 2.09 bits per heavy atom. The minimum absolute atomic E-state index is 0.180. The molecule has 1 atom stereocenters. The van der Waals surface area contributed by atoms with Gasteiger partial charge in [0.2, 0.25) is 0 Å². The predicted octanol–water partition coefficient (Wildman–Crippen LogP) is 4.02. The lowest BCUT2D eigenvalue weighted by molar-refractivity contribution is -0.137. The maximum Gasteiger partial charge on any atom is 0.263 e. The third kappa shape index (κ3) is 3.98. The Hall–Kier alpha value is -1.72. The first-order valence-corrected chi connectivity index (χ1v) is 7.84. The molecule has 0 saturated heterocycles. The van der Waals surface area contributed by atoms with Crippen LogP contribution in [0.15, 0.2) is 22.7 Å². The van der Waals surface area contributed by atoms with E-state index >= 15 is 0 Å². The van der Waals surface area contributed by atoms with Gasteiger partial charge in [-0.05, 0) is 32.9 Å². The van der Waals surface area contributed by atoms with Gasteiger partial charge in [0.15, 0.2) is 6.10 Å². The van der Waals surface area contributed by atoms with Crippen LogP contribution in [0.4, 0.5) is 0 Å². The molecule has 0 bridgehead atoms. The lowest BCUT2D eigenvalue weighted by Gasteiger charge is -2.22. The van der Waals surface area contributed by atoms with E-state index in [-0.39, 0.29) is 5.91 Å². The fourth-order valence-electron chi connectivity index (χ4n) is 2.17. The quantitative estimate of drug-likeness (QED) is 0.811. The maximum atomic E-state index is 12.5. The van der Waals surface area contributed by atoms with Gasteiger partial charge in [-0.25, -0.2) is 0 Å². The molecule has 0 N–H and O–H groups in total. The van der Waals surface area contributed by atoms with Gasteiger partial charge >= 0.3 is 0 Å². The normalized spacial score (nSPS) is 12.1. The fourth-order valence-corrected chi connectivity index (χ4v) is 2.51. The molecule has 2 aromatic rings. The van der Waals surface area contributed by atoms with Gasteiger partial charge in [0.25, 0.3) is 5.91 Å². The molecule has 0 spiro atoms. The minimum Gasteiger partial charge on any atom is -0.479 e. The highest BCUT2D eigenvalue weighted by molar-refractivity contribution is 6.42. The van der Waals surface area contributed by atoms with Gasteiger partial charge in [-0.2, -0.15) is 0 Å². The molecule has 1 unspecified atom stereocenters. The van der Waals surface area contributed by atoms with E-state index in [1.807, 2.05) is 13.8 Å². The van der Waals surface area contributed by atoms with Gasteiger partial charge in [0, 0.05) is 12.6 Å². The topological polar surface area (TPSA) is 55.6 Å². The van der Waals surface area contributed by atoms with Crippen molar-refractivity contribution in [3.05, 3.63) is 45.3 Å².